The molecule has 1 aliphatic rings. The number of hydrogen-bond acceptors (Lipinski definition) is 4. The molecule has 2 aromatic carbocycles. The summed E-state index contributed by atoms with van der Waals surface area (Å²) in [6.45, 7) is 1.80. The number of benzene rings is 2. The number of hydrogen-bond donors (Lipinski definition) is 2. The van der Waals surface area contributed by atoms with Gasteiger partial charge in [0.25, 0.3) is 11.8 Å². The van der Waals surface area contributed by atoms with Crippen molar-refractivity contribution in [2.45, 2.75) is 44.7 Å². The van der Waals surface area contributed by atoms with Crippen LogP contribution in [0.25, 0.3) is 0 Å². The van der Waals surface area contributed by atoms with Crippen molar-refractivity contribution in [3.05, 3.63) is 58.1 Å². The third-order valence-electron chi connectivity index (χ3n) is 5.14. The van der Waals surface area contributed by atoms with Crippen molar-refractivity contribution in [2.24, 2.45) is 0 Å². The minimum atomic E-state index is -0.158. The fraction of sp³-hybridized carbons (Fsp3) is 0.391. The molecule has 0 bridgehead atoms. The van der Waals surface area contributed by atoms with Crippen molar-refractivity contribution in [1.82, 2.24) is 10.6 Å². The summed E-state index contributed by atoms with van der Waals surface area (Å²) >= 11 is 11.8. The topological polar surface area (TPSA) is 76.7 Å². The molecule has 0 aliphatic heterocycles. The smallest absolute Gasteiger partial charge is 0.258 e. The van der Waals surface area contributed by atoms with Crippen LogP contribution >= 0.6 is 23.2 Å². The van der Waals surface area contributed by atoms with E-state index in [1.807, 2.05) is 6.92 Å². The van der Waals surface area contributed by atoms with Gasteiger partial charge in [0.2, 0.25) is 0 Å². The molecule has 0 aromatic heterocycles. The summed E-state index contributed by atoms with van der Waals surface area (Å²) in [7, 11) is 0. The highest BCUT2D eigenvalue weighted by molar-refractivity contribution is 6.31. The number of carbonyl (C=O) groups is 2. The van der Waals surface area contributed by atoms with E-state index in [-0.39, 0.29) is 37.1 Å². The molecule has 0 atom stereocenters. The Morgan fingerprint density at radius 3 is 1.84 bits per heavy atom. The van der Waals surface area contributed by atoms with Crippen LogP contribution in [0, 0.1) is 6.92 Å². The van der Waals surface area contributed by atoms with E-state index in [4.69, 9.17) is 32.7 Å². The van der Waals surface area contributed by atoms with Crippen molar-refractivity contribution >= 4 is 35.0 Å². The first-order valence-corrected chi connectivity index (χ1v) is 11.0. The first-order chi connectivity index (χ1) is 14.9. The fourth-order valence-electron chi connectivity index (χ4n) is 3.46. The van der Waals surface area contributed by atoms with Gasteiger partial charge in [-0.3, -0.25) is 9.59 Å². The molecule has 2 amide bonds. The Hall–Kier alpha value is -2.44. The van der Waals surface area contributed by atoms with Crippen LogP contribution < -0.4 is 20.1 Å². The van der Waals surface area contributed by atoms with Gasteiger partial charge in [-0.05, 0) is 80.6 Å². The molecule has 8 heteroatoms. The minimum Gasteiger partial charge on any atom is -0.484 e. The van der Waals surface area contributed by atoms with Gasteiger partial charge < -0.3 is 20.1 Å². The van der Waals surface area contributed by atoms with E-state index in [1.54, 1.807) is 42.5 Å². The van der Waals surface area contributed by atoms with Crippen LogP contribution in [0.3, 0.4) is 0 Å². The molecule has 3 rings (SSSR count). The molecule has 0 unspecified atom stereocenters. The summed E-state index contributed by atoms with van der Waals surface area (Å²) in [5, 5.41) is 7.28. The molecule has 0 heterocycles. The van der Waals surface area contributed by atoms with Crippen LogP contribution in [0.5, 0.6) is 11.5 Å². The maximum Gasteiger partial charge on any atom is 0.258 e. The molecule has 0 radical (unpaired) electrons. The van der Waals surface area contributed by atoms with E-state index >= 15 is 0 Å². The Bertz CT molecular complexity index is 897. The Morgan fingerprint density at radius 2 is 1.32 bits per heavy atom. The first kappa shape index (κ1) is 23.2. The maximum absolute atomic E-state index is 12.2. The standard InChI is InChI=1S/C23H26Cl2N2O4/c1-15-12-20(10-11-21(15)25)31-14-23(29)27-18-6-4-17(5-7-18)26-22(28)13-30-19-8-2-16(24)3-9-19/h2-3,8-12,17-18H,4-7,13-14H2,1H3,(H,26,28)(H,27,29)/t17-,18-. The largest absolute Gasteiger partial charge is 0.484 e. The van der Waals surface area contributed by atoms with Crippen LogP contribution in [0.4, 0.5) is 0 Å². The molecule has 1 saturated carbocycles. The van der Waals surface area contributed by atoms with Crippen LogP contribution in [0.2, 0.25) is 10.0 Å². The van der Waals surface area contributed by atoms with Crippen molar-refractivity contribution in [2.75, 3.05) is 13.2 Å². The van der Waals surface area contributed by atoms with Gasteiger partial charge in [0.05, 0.1) is 0 Å². The normalized spacial score (nSPS) is 18.2. The third-order valence-corrected chi connectivity index (χ3v) is 5.82. The van der Waals surface area contributed by atoms with Gasteiger partial charge in [-0.25, -0.2) is 0 Å². The molecule has 166 valence electrons. The summed E-state index contributed by atoms with van der Waals surface area (Å²) in [6, 6.07) is 12.3. The summed E-state index contributed by atoms with van der Waals surface area (Å²) in [5.74, 6) is 0.900. The van der Waals surface area contributed by atoms with E-state index < -0.39 is 0 Å². The Labute approximate surface area is 192 Å². The number of halogens is 2. The molecule has 31 heavy (non-hydrogen) atoms. The lowest BCUT2D eigenvalue weighted by Gasteiger charge is -2.29. The number of nitrogens with one attached hydrogen (secondary N) is 2. The highest BCUT2D eigenvalue weighted by Crippen LogP contribution is 2.22. The number of ether oxygens (including phenoxy) is 2. The van der Waals surface area contributed by atoms with Gasteiger partial charge in [-0.1, -0.05) is 23.2 Å². The predicted molar refractivity (Wildman–Crippen MR) is 121 cm³/mol. The van der Waals surface area contributed by atoms with Gasteiger partial charge in [0.15, 0.2) is 13.2 Å². The van der Waals surface area contributed by atoms with Gasteiger partial charge in [-0.2, -0.15) is 0 Å². The van der Waals surface area contributed by atoms with Crippen molar-refractivity contribution in [3.8, 4) is 11.5 Å². The summed E-state index contributed by atoms with van der Waals surface area (Å²) in [4.78, 5) is 24.3. The zero-order valence-electron chi connectivity index (χ0n) is 17.3. The first-order valence-electron chi connectivity index (χ1n) is 10.2. The van der Waals surface area contributed by atoms with Crippen molar-refractivity contribution < 1.29 is 19.1 Å². The minimum absolute atomic E-state index is 0.0419. The molecule has 2 N–H and O–H groups in total. The lowest BCUT2D eigenvalue weighted by molar-refractivity contribution is -0.125. The molecule has 0 spiro atoms. The van der Waals surface area contributed by atoms with Gasteiger partial charge in [-0.15, -0.1) is 0 Å². The summed E-state index contributed by atoms with van der Waals surface area (Å²) in [5.41, 5.74) is 0.901. The quantitative estimate of drug-likeness (QED) is 0.610. The van der Waals surface area contributed by atoms with Crippen molar-refractivity contribution in [3.63, 3.8) is 0 Å². The number of aryl methyl sites for hydroxylation is 1. The Kier molecular flexibility index (Phi) is 8.43. The Morgan fingerprint density at radius 1 is 0.839 bits per heavy atom. The monoisotopic (exact) mass is 464 g/mol. The summed E-state index contributed by atoms with van der Waals surface area (Å²) in [6.07, 6.45) is 3.20. The average molecular weight is 465 g/mol. The predicted octanol–water partition coefficient (Wildman–Crippen LogP) is 4.30. The highest BCUT2D eigenvalue weighted by atomic mass is 35.5. The van der Waals surface area contributed by atoms with Crippen molar-refractivity contribution in [1.29, 1.82) is 0 Å². The van der Waals surface area contributed by atoms with E-state index in [2.05, 4.69) is 10.6 Å². The molecular weight excluding hydrogens is 439 g/mol. The average Bonchev–Trinajstić information content (AvgIpc) is 2.75. The maximum atomic E-state index is 12.2. The van der Waals surface area contributed by atoms with E-state index in [9.17, 15) is 9.59 Å². The molecule has 0 saturated heterocycles. The number of amides is 2. The van der Waals surface area contributed by atoms with Gasteiger partial charge >= 0.3 is 0 Å². The molecule has 6 nitrogen and oxygen atoms in total. The second-order valence-corrected chi connectivity index (χ2v) is 8.47. The van der Waals surface area contributed by atoms with Crippen LogP contribution in [-0.4, -0.2) is 37.1 Å². The zero-order valence-corrected chi connectivity index (χ0v) is 18.8. The highest BCUT2D eigenvalue weighted by Gasteiger charge is 2.23. The lowest BCUT2D eigenvalue weighted by Crippen LogP contribution is -2.45. The molecule has 1 fully saturated rings. The zero-order chi connectivity index (χ0) is 22.2. The third kappa shape index (κ3) is 7.64. The van der Waals surface area contributed by atoms with Crippen LogP contribution in [-0.2, 0) is 9.59 Å². The molecular formula is C23H26Cl2N2O4. The molecule has 2 aromatic rings. The Balaban J connectivity index is 1.32. The number of rotatable bonds is 8. The van der Waals surface area contributed by atoms with Crippen LogP contribution in [0.1, 0.15) is 31.2 Å². The number of carbonyl (C=O) groups excluding carboxylic acids is 2. The fourth-order valence-corrected chi connectivity index (χ4v) is 3.70. The van der Waals surface area contributed by atoms with E-state index in [1.165, 1.54) is 0 Å². The lowest BCUT2D eigenvalue weighted by atomic mass is 9.91. The van der Waals surface area contributed by atoms with Gasteiger partial charge in [0.1, 0.15) is 11.5 Å². The van der Waals surface area contributed by atoms with Crippen LogP contribution in [0.15, 0.2) is 42.5 Å². The van der Waals surface area contributed by atoms with E-state index in [0.717, 1.165) is 31.2 Å². The van der Waals surface area contributed by atoms with Gasteiger partial charge in [0, 0.05) is 22.1 Å². The SMILES string of the molecule is Cc1cc(OCC(=O)N[C@H]2CC[C@H](NC(=O)COc3ccc(Cl)cc3)CC2)ccc1Cl. The molecule has 1 aliphatic carbocycles. The second kappa shape index (κ2) is 11.3. The second-order valence-electron chi connectivity index (χ2n) is 7.63. The van der Waals surface area contributed by atoms with E-state index in [0.29, 0.717) is 21.5 Å². The summed E-state index contributed by atoms with van der Waals surface area (Å²) < 4.78 is 11.0.